The number of allylic oxidation sites excluding steroid dienone is 1. The first-order chi connectivity index (χ1) is 8.80. The van der Waals surface area contributed by atoms with Gasteiger partial charge in [-0.05, 0) is 24.6 Å². The molecule has 0 saturated heterocycles. The second-order valence-corrected chi connectivity index (χ2v) is 4.25. The number of hydrogen-bond donors (Lipinski definition) is 1. The molecule has 0 aliphatic rings. The molecule has 1 aromatic carbocycles. The Hall–Kier alpha value is -1.96. The van der Waals surface area contributed by atoms with Crippen molar-refractivity contribution < 1.29 is 4.74 Å². The predicted octanol–water partition coefficient (Wildman–Crippen LogP) is 3.90. The molecule has 1 heterocycles. The normalized spacial score (nSPS) is 12.1. The molecule has 0 radical (unpaired) electrons. The first-order valence-electron chi connectivity index (χ1n) is 6.23. The molecule has 1 aromatic heterocycles. The number of rotatable bonds is 5. The molecule has 2 nitrogen and oxygen atoms in total. The molecule has 94 valence electrons. The molecule has 2 heteroatoms. The van der Waals surface area contributed by atoms with Crippen LogP contribution in [-0.2, 0) is 6.42 Å². The summed E-state index contributed by atoms with van der Waals surface area (Å²) in [6, 6.07) is 12.3. The van der Waals surface area contributed by atoms with Crippen LogP contribution in [0.15, 0.2) is 49.1 Å². The Kier molecular flexibility index (Phi) is 3.88. The standard InChI is InChI=1S/C16H19NO/c1-4-12-10-11-15(17-12)13(5-2)14-8-6-7-9-16(14)18-3/h5-11,13,17H,2,4H2,1,3H3. The van der Waals surface area contributed by atoms with E-state index in [1.54, 1.807) is 7.11 Å². The third-order valence-electron chi connectivity index (χ3n) is 3.19. The topological polar surface area (TPSA) is 25.0 Å². The first kappa shape index (κ1) is 12.5. The van der Waals surface area contributed by atoms with Gasteiger partial charge in [0.05, 0.1) is 7.11 Å². The maximum absolute atomic E-state index is 5.42. The lowest BCUT2D eigenvalue weighted by Gasteiger charge is -2.15. The Morgan fingerprint density at radius 1 is 1.28 bits per heavy atom. The van der Waals surface area contributed by atoms with Crippen molar-refractivity contribution in [1.29, 1.82) is 0 Å². The minimum Gasteiger partial charge on any atom is -0.496 e. The van der Waals surface area contributed by atoms with Crippen LogP contribution in [0, 0.1) is 0 Å². The minimum atomic E-state index is 0.140. The van der Waals surface area contributed by atoms with Crippen molar-refractivity contribution in [3.05, 3.63) is 66.0 Å². The molecule has 0 fully saturated rings. The second kappa shape index (κ2) is 5.58. The third kappa shape index (κ3) is 2.33. The summed E-state index contributed by atoms with van der Waals surface area (Å²) in [6.07, 6.45) is 2.96. The van der Waals surface area contributed by atoms with E-state index in [0.29, 0.717) is 0 Å². The number of aromatic amines is 1. The minimum absolute atomic E-state index is 0.140. The van der Waals surface area contributed by atoms with Gasteiger partial charge in [0, 0.05) is 22.9 Å². The number of methoxy groups -OCH3 is 1. The molecule has 1 N–H and O–H groups in total. The number of hydrogen-bond acceptors (Lipinski definition) is 1. The van der Waals surface area contributed by atoms with Crippen LogP contribution in [0.1, 0.15) is 29.8 Å². The van der Waals surface area contributed by atoms with Crippen LogP contribution >= 0.6 is 0 Å². The lowest BCUT2D eigenvalue weighted by Crippen LogP contribution is -2.01. The fourth-order valence-electron chi connectivity index (χ4n) is 2.19. The van der Waals surface area contributed by atoms with Gasteiger partial charge in [0.15, 0.2) is 0 Å². The number of benzene rings is 1. The quantitative estimate of drug-likeness (QED) is 0.789. The lowest BCUT2D eigenvalue weighted by molar-refractivity contribution is 0.409. The molecular weight excluding hydrogens is 222 g/mol. The summed E-state index contributed by atoms with van der Waals surface area (Å²) in [6.45, 7) is 6.09. The molecule has 1 unspecified atom stereocenters. The Bertz CT molecular complexity index is 527. The fraction of sp³-hybridized carbons (Fsp3) is 0.250. The summed E-state index contributed by atoms with van der Waals surface area (Å²) in [5.74, 6) is 1.04. The third-order valence-corrected chi connectivity index (χ3v) is 3.19. The maximum Gasteiger partial charge on any atom is 0.123 e. The average Bonchev–Trinajstić information content (AvgIpc) is 2.89. The van der Waals surface area contributed by atoms with E-state index in [-0.39, 0.29) is 5.92 Å². The Balaban J connectivity index is 2.41. The number of para-hydroxylation sites is 1. The molecular formula is C16H19NO. The summed E-state index contributed by atoms with van der Waals surface area (Å²) in [7, 11) is 1.70. The number of H-pyrrole nitrogens is 1. The largest absolute Gasteiger partial charge is 0.496 e. The van der Waals surface area contributed by atoms with Gasteiger partial charge in [0.2, 0.25) is 0 Å². The SMILES string of the molecule is C=CC(c1ccc(CC)[nH]1)c1ccccc1OC. The molecule has 1 atom stereocenters. The highest BCUT2D eigenvalue weighted by molar-refractivity contribution is 5.43. The van der Waals surface area contributed by atoms with Crippen LogP contribution in [0.5, 0.6) is 5.75 Å². The van der Waals surface area contributed by atoms with Crippen molar-refractivity contribution >= 4 is 0 Å². The molecule has 18 heavy (non-hydrogen) atoms. The van der Waals surface area contributed by atoms with E-state index in [9.17, 15) is 0 Å². The van der Waals surface area contributed by atoms with Crippen LogP contribution in [0.4, 0.5) is 0 Å². The summed E-state index contributed by atoms with van der Waals surface area (Å²) >= 11 is 0. The summed E-state index contributed by atoms with van der Waals surface area (Å²) in [5, 5.41) is 0. The van der Waals surface area contributed by atoms with Gasteiger partial charge >= 0.3 is 0 Å². The van der Waals surface area contributed by atoms with Crippen molar-refractivity contribution in [3.63, 3.8) is 0 Å². The molecule has 0 saturated carbocycles. The van der Waals surface area contributed by atoms with Crippen LogP contribution in [0.2, 0.25) is 0 Å². The van der Waals surface area contributed by atoms with Crippen molar-refractivity contribution in [3.8, 4) is 5.75 Å². The lowest BCUT2D eigenvalue weighted by atomic mass is 9.95. The van der Waals surface area contributed by atoms with E-state index in [2.05, 4.69) is 36.7 Å². The summed E-state index contributed by atoms with van der Waals surface area (Å²) in [4.78, 5) is 3.44. The Morgan fingerprint density at radius 3 is 2.67 bits per heavy atom. The van der Waals surface area contributed by atoms with Crippen molar-refractivity contribution in [2.45, 2.75) is 19.3 Å². The van der Waals surface area contributed by atoms with Gasteiger partial charge in [-0.3, -0.25) is 0 Å². The number of aryl methyl sites for hydroxylation is 1. The van der Waals surface area contributed by atoms with E-state index < -0.39 is 0 Å². The summed E-state index contributed by atoms with van der Waals surface area (Å²) < 4.78 is 5.42. The van der Waals surface area contributed by atoms with Gasteiger partial charge in [-0.25, -0.2) is 0 Å². The van der Waals surface area contributed by atoms with Crippen LogP contribution < -0.4 is 4.74 Å². The highest BCUT2D eigenvalue weighted by Gasteiger charge is 2.15. The van der Waals surface area contributed by atoms with Gasteiger partial charge in [-0.1, -0.05) is 31.2 Å². The molecule has 0 amide bonds. The molecule has 2 rings (SSSR count). The molecule has 2 aromatic rings. The first-order valence-corrected chi connectivity index (χ1v) is 6.23. The molecule has 0 spiro atoms. The van der Waals surface area contributed by atoms with Crippen LogP contribution in [0.3, 0.4) is 0 Å². The van der Waals surface area contributed by atoms with E-state index in [4.69, 9.17) is 4.74 Å². The Morgan fingerprint density at radius 2 is 2.06 bits per heavy atom. The van der Waals surface area contributed by atoms with Crippen molar-refractivity contribution in [1.82, 2.24) is 4.98 Å². The van der Waals surface area contributed by atoms with Gasteiger partial charge in [0.25, 0.3) is 0 Å². The fourth-order valence-corrected chi connectivity index (χ4v) is 2.19. The Labute approximate surface area is 108 Å². The highest BCUT2D eigenvalue weighted by atomic mass is 16.5. The average molecular weight is 241 g/mol. The van der Waals surface area contributed by atoms with Crippen LogP contribution in [0.25, 0.3) is 0 Å². The van der Waals surface area contributed by atoms with Crippen molar-refractivity contribution in [2.24, 2.45) is 0 Å². The van der Waals surface area contributed by atoms with E-state index in [0.717, 1.165) is 23.4 Å². The molecule has 0 aliphatic heterocycles. The number of nitrogens with one attached hydrogen (secondary N) is 1. The monoisotopic (exact) mass is 241 g/mol. The molecule has 0 aliphatic carbocycles. The zero-order valence-electron chi connectivity index (χ0n) is 10.9. The zero-order valence-corrected chi connectivity index (χ0v) is 10.9. The maximum atomic E-state index is 5.42. The van der Waals surface area contributed by atoms with Crippen LogP contribution in [-0.4, -0.2) is 12.1 Å². The second-order valence-electron chi connectivity index (χ2n) is 4.25. The van der Waals surface area contributed by atoms with E-state index in [1.807, 2.05) is 24.3 Å². The molecule has 0 bridgehead atoms. The van der Waals surface area contributed by atoms with E-state index >= 15 is 0 Å². The van der Waals surface area contributed by atoms with Gasteiger partial charge in [-0.2, -0.15) is 0 Å². The van der Waals surface area contributed by atoms with E-state index in [1.165, 1.54) is 5.69 Å². The van der Waals surface area contributed by atoms with Crippen molar-refractivity contribution in [2.75, 3.05) is 7.11 Å². The number of aromatic nitrogens is 1. The number of ether oxygens (including phenoxy) is 1. The smallest absolute Gasteiger partial charge is 0.123 e. The van der Waals surface area contributed by atoms with Gasteiger partial charge < -0.3 is 9.72 Å². The van der Waals surface area contributed by atoms with Gasteiger partial charge in [-0.15, -0.1) is 6.58 Å². The predicted molar refractivity (Wildman–Crippen MR) is 75.2 cm³/mol. The zero-order chi connectivity index (χ0) is 13.0. The highest BCUT2D eigenvalue weighted by Crippen LogP contribution is 2.32. The summed E-state index contributed by atoms with van der Waals surface area (Å²) in [5.41, 5.74) is 3.54. The van der Waals surface area contributed by atoms with Gasteiger partial charge in [0.1, 0.15) is 5.75 Å².